The van der Waals surface area contributed by atoms with E-state index in [1.54, 1.807) is 0 Å². The van der Waals surface area contributed by atoms with Crippen molar-refractivity contribution in [1.29, 1.82) is 0 Å². The molecule has 74 valence electrons. The van der Waals surface area contributed by atoms with Crippen molar-refractivity contribution in [2.45, 2.75) is 38.1 Å². The lowest BCUT2D eigenvalue weighted by molar-refractivity contribution is 0.714. The largest absolute Gasteiger partial charge is 0.398 e. The van der Waals surface area contributed by atoms with Gasteiger partial charge in [0.2, 0.25) is 0 Å². The average Bonchev–Trinajstić information content (AvgIpc) is 2.74. The Labute approximate surface area is 84.3 Å². The van der Waals surface area contributed by atoms with Crippen LogP contribution in [0.4, 0.5) is 5.69 Å². The summed E-state index contributed by atoms with van der Waals surface area (Å²) in [6, 6.07) is 2.54. The maximum Gasteiger partial charge on any atom is 0.0400 e. The fraction of sp³-hybridized carbons (Fsp3) is 0.500. The summed E-state index contributed by atoms with van der Waals surface area (Å²) < 4.78 is 0. The van der Waals surface area contributed by atoms with Gasteiger partial charge in [-0.15, -0.1) is 0 Å². The van der Waals surface area contributed by atoms with Gasteiger partial charge in [0.1, 0.15) is 0 Å². The number of nitrogens with two attached hydrogens (primary N) is 2. The Kier molecular flexibility index (Phi) is 1.62. The molecule has 0 radical (unpaired) electrons. The van der Waals surface area contributed by atoms with Crippen molar-refractivity contribution in [3.63, 3.8) is 0 Å². The first kappa shape index (κ1) is 8.30. The minimum Gasteiger partial charge on any atom is -0.398 e. The third-order valence-electron chi connectivity index (χ3n) is 3.67. The zero-order valence-corrected chi connectivity index (χ0v) is 8.34. The number of rotatable bonds is 0. The average molecular weight is 188 g/mol. The van der Waals surface area contributed by atoms with Crippen LogP contribution in [0.5, 0.6) is 0 Å². The van der Waals surface area contributed by atoms with Crippen LogP contribution in [0.15, 0.2) is 6.07 Å². The van der Waals surface area contributed by atoms with Gasteiger partial charge in [-0.05, 0) is 54.4 Å². The Bertz CT molecular complexity index is 396. The highest BCUT2D eigenvalue weighted by atomic mass is 14.7. The van der Waals surface area contributed by atoms with Gasteiger partial charge in [0.25, 0.3) is 0 Å². The van der Waals surface area contributed by atoms with Crippen molar-refractivity contribution in [3.05, 3.63) is 28.3 Å². The Balaban J connectivity index is 2.25. The van der Waals surface area contributed by atoms with Crippen LogP contribution in [0.3, 0.4) is 0 Å². The monoisotopic (exact) mass is 188 g/mol. The Morgan fingerprint density at radius 3 is 2.86 bits per heavy atom. The molecule has 2 nitrogen and oxygen atoms in total. The third kappa shape index (κ3) is 0.947. The first-order valence-corrected chi connectivity index (χ1v) is 5.46. The SMILES string of the molecule is Nc1c2c(cc3c1C(N)CC3)CCC2. The van der Waals surface area contributed by atoms with Gasteiger partial charge >= 0.3 is 0 Å². The van der Waals surface area contributed by atoms with E-state index in [1.165, 1.54) is 35.1 Å². The van der Waals surface area contributed by atoms with E-state index in [9.17, 15) is 0 Å². The van der Waals surface area contributed by atoms with Gasteiger partial charge in [0.15, 0.2) is 0 Å². The quantitative estimate of drug-likeness (QED) is 0.609. The summed E-state index contributed by atoms with van der Waals surface area (Å²) in [5, 5.41) is 0. The molecule has 0 heterocycles. The zero-order chi connectivity index (χ0) is 9.71. The molecule has 0 saturated heterocycles. The maximum absolute atomic E-state index is 6.20. The van der Waals surface area contributed by atoms with Crippen molar-refractivity contribution in [1.82, 2.24) is 0 Å². The van der Waals surface area contributed by atoms with Gasteiger partial charge < -0.3 is 11.5 Å². The number of benzene rings is 1. The molecule has 1 unspecified atom stereocenters. The van der Waals surface area contributed by atoms with Crippen LogP contribution in [0.1, 0.15) is 41.1 Å². The predicted molar refractivity (Wildman–Crippen MR) is 58.1 cm³/mol. The van der Waals surface area contributed by atoms with Gasteiger partial charge in [0.05, 0.1) is 0 Å². The zero-order valence-electron chi connectivity index (χ0n) is 8.34. The molecule has 2 heteroatoms. The van der Waals surface area contributed by atoms with E-state index < -0.39 is 0 Å². The highest BCUT2D eigenvalue weighted by molar-refractivity contribution is 5.64. The van der Waals surface area contributed by atoms with E-state index >= 15 is 0 Å². The van der Waals surface area contributed by atoms with Crippen LogP contribution in [-0.4, -0.2) is 0 Å². The molecule has 0 fully saturated rings. The summed E-state index contributed by atoms with van der Waals surface area (Å²) in [6.07, 6.45) is 5.82. The topological polar surface area (TPSA) is 52.0 Å². The summed E-state index contributed by atoms with van der Waals surface area (Å²) in [4.78, 5) is 0. The molecular formula is C12H16N2. The number of anilines is 1. The van der Waals surface area contributed by atoms with Crippen molar-refractivity contribution in [2.24, 2.45) is 5.73 Å². The minimum absolute atomic E-state index is 0.191. The predicted octanol–water partition coefficient (Wildman–Crippen LogP) is 1.70. The van der Waals surface area contributed by atoms with Crippen LogP contribution in [0, 0.1) is 0 Å². The molecular weight excluding hydrogens is 172 g/mol. The number of hydrogen-bond donors (Lipinski definition) is 2. The van der Waals surface area contributed by atoms with E-state index in [1.807, 2.05) is 0 Å². The summed E-state index contributed by atoms with van der Waals surface area (Å²) in [5.41, 5.74) is 18.8. The van der Waals surface area contributed by atoms with Crippen LogP contribution in [0.2, 0.25) is 0 Å². The molecule has 1 aromatic rings. The normalized spacial score (nSPS) is 23.6. The van der Waals surface area contributed by atoms with Crippen LogP contribution in [-0.2, 0) is 19.3 Å². The molecule has 1 aromatic carbocycles. The lowest BCUT2D eigenvalue weighted by Crippen LogP contribution is -2.10. The second-order valence-electron chi connectivity index (χ2n) is 4.50. The molecule has 2 aliphatic rings. The number of aryl methyl sites for hydroxylation is 2. The summed E-state index contributed by atoms with van der Waals surface area (Å²) >= 11 is 0. The molecule has 0 saturated carbocycles. The molecule has 2 aliphatic carbocycles. The second kappa shape index (κ2) is 2.74. The molecule has 0 aromatic heterocycles. The van der Waals surface area contributed by atoms with Crippen molar-refractivity contribution < 1.29 is 0 Å². The summed E-state index contributed by atoms with van der Waals surface area (Å²) in [6.45, 7) is 0. The summed E-state index contributed by atoms with van der Waals surface area (Å²) in [5.74, 6) is 0. The smallest absolute Gasteiger partial charge is 0.0400 e. The van der Waals surface area contributed by atoms with Crippen molar-refractivity contribution >= 4 is 5.69 Å². The van der Waals surface area contributed by atoms with Crippen LogP contribution < -0.4 is 11.5 Å². The fourth-order valence-electron chi connectivity index (χ4n) is 2.96. The van der Waals surface area contributed by atoms with Crippen molar-refractivity contribution in [2.75, 3.05) is 5.73 Å². The first-order valence-electron chi connectivity index (χ1n) is 5.46. The van der Waals surface area contributed by atoms with E-state index in [4.69, 9.17) is 11.5 Å². The standard InChI is InChI=1S/C12H16N2/c13-10-5-4-8-6-7-2-1-3-9(7)12(14)11(8)10/h6,10H,1-5,13-14H2. The lowest BCUT2D eigenvalue weighted by Gasteiger charge is -2.13. The lowest BCUT2D eigenvalue weighted by atomic mass is 9.98. The first-order chi connectivity index (χ1) is 6.77. The summed E-state index contributed by atoms with van der Waals surface area (Å²) in [7, 11) is 0. The van der Waals surface area contributed by atoms with Crippen LogP contribution in [0.25, 0.3) is 0 Å². The molecule has 0 amide bonds. The van der Waals surface area contributed by atoms with Gasteiger partial charge in [-0.2, -0.15) is 0 Å². The van der Waals surface area contributed by atoms with Gasteiger partial charge in [-0.1, -0.05) is 6.07 Å². The Hall–Kier alpha value is -1.02. The van der Waals surface area contributed by atoms with Gasteiger partial charge in [-0.3, -0.25) is 0 Å². The maximum atomic E-state index is 6.20. The van der Waals surface area contributed by atoms with E-state index in [2.05, 4.69) is 6.07 Å². The molecule has 4 N–H and O–H groups in total. The number of fused-ring (bicyclic) bond motifs is 2. The van der Waals surface area contributed by atoms with Crippen molar-refractivity contribution in [3.8, 4) is 0 Å². The molecule has 1 atom stereocenters. The number of nitrogen functional groups attached to an aromatic ring is 1. The van der Waals surface area contributed by atoms with E-state index in [0.717, 1.165) is 24.9 Å². The Morgan fingerprint density at radius 2 is 2.00 bits per heavy atom. The van der Waals surface area contributed by atoms with E-state index in [0.29, 0.717) is 0 Å². The Morgan fingerprint density at radius 1 is 1.14 bits per heavy atom. The van der Waals surface area contributed by atoms with Gasteiger partial charge in [-0.25, -0.2) is 0 Å². The van der Waals surface area contributed by atoms with E-state index in [-0.39, 0.29) is 6.04 Å². The highest BCUT2D eigenvalue weighted by Gasteiger charge is 2.26. The molecule has 3 rings (SSSR count). The van der Waals surface area contributed by atoms with Gasteiger partial charge in [0, 0.05) is 11.7 Å². The molecule has 0 aliphatic heterocycles. The fourth-order valence-corrected chi connectivity index (χ4v) is 2.96. The number of hydrogen-bond acceptors (Lipinski definition) is 2. The molecule has 14 heavy (non-hydrogen) atoms. The minimum atomic E-state index is 0.191. The molecule has 0 bridgehead atoms. The second-order valence-corrected chi connectivity index (χ2v) is 4.50. The van der Waals surface area contributed by atoms with Crippen LogP contribution >= 0.6 is 0 Å². The molecule has 0 spiro atoms. The highest BCUT2D eigenvalue weighted by Crippen LogP contribution is 2.40. The third-order valence-corrected chi connectivity index (χ3v) is 3.67.